The summed E-state index contributed by atoms with van der Waals surface area (Å²) in [5, 5.41) is 5.35. The lowest BCUT2D eigenvalue weighted by atomic mass is 10.2. The van der Waals surface area contributed by atoms with Gasteiger partial charge in [0, 0.05) is 35.9 Å². The summed E-state index contributed by atoms with van der Waals surface area (Å²) in [5.74, 6) is 0.116. The summed E-state index contributed by atoms with van der Waals surface area (Å²) in [4.78, 5) is 26.0. The molecule has 4 rings (SSSR count). The minimum absolute atomic E-state index is 0.162. The van der Waals surface area contributed by atoms with Crippen molar-refractivity contribution >= 4 is 32.8 Å². The van der Waals surface area contributed by atoms with Crippen LogP contribution in [0.5, 0.6) is 0 Å². The van der Waals surface area contributed by atoms with Crippen LogP contribution in [-0.4, -0.2) is 55.7 Å². The number of ether oxygens (including phenoxy) is 1. The van der Waals surface area contributed by atoms with Crippen LogP contribution in [0.25, 0.3) is 22.4 Å². The molecule has 0 bridgehead atoms. The monoisotopic (exact) mass is 500 g/mol. The zero-order valence-electron chi connectivity index (χ0n) is 18.8. The smallest absolute Gasteiger partial charge is 0.257 e. The molecule has 0 aliphatic carbocycles. The molecule has 3 aromatic heterocycles. The predicted octanol–water partition coefficient (Wildman–Crippen LogP) is 2.58. The number of hydrogen-bond donors (Lipinski definition) is 0. The van der Waals surface area contributed by atoms with Crippen molar-refractivity contribution < 1.29 is 13.2 Å². The number of aromatic nitrogens is 6. The van der Waals surface area contributed by atoms with Gasteiger partial charge in [0.2, 0.25) is 0 Å². The van der Waals surface area contributed by atoms with Crippen LogP contribution in [0.4, 0.5) is 0 Å². The van der Waals surface area contributed by atoms with Gasteiger partial charge in [-0.05, 0) is 25.7 Å². The second kappa shape index (κ2) is 10.5. The molecular formula is C22H24N6O4S2. The quantitative estimate of drug-likeness (QED) is 0.239. The molecule has 0 fully saturated rings. The van der Waals surface area contributed by atoms with E-state index < -0.39 is 10.0 Å². The highest BCUT2D eigenvalue weighted by molar-refractivity contribution is 7.98. The van der Waals surface area contributed by atoms with Crippen LogP contribution < -0.4 is 5.56 Å². The lowest BCUT2D eigenvalue weighted by Crippen LogP contribution is -2.27. The Morgan fingerprint density at radius 3 is 2.68 bits per heavy atom. The Bertz CT molecular complexity index is 1450. The summed E-state index contributed by atoms with van der Waals surface area (Å²) >= 11 is 1.37. The molecule has 3 heterocycles. The first kappa shape index (κ1) is 24.0. The van der Waals surface area contributed by atoms with Gasteiger partial charge in [0.1, 0.15) is 12.0 Å². The highest BCUT2D eigenvalue weighted by Gasteiger charge is 2.18. The molecule has 10 nitrogen and oxygen atoms in total. The molecule has 0 atom stereocenters. The van der Waals surface area contributed by atoms with E-state index in [1.165, 1.54) is 22.7 Å². The van der Waals surface area contributed by atoms with Crippen molar-refractivity contribution in [2.45, 2.75) is 31.7 Å². The van der Waals surface area contributed by atoms with Gasteiger partial charge in [0.05, 0.1) is 12.4 Å². The van der Waals surface area contributed by atoms with E-state index in [9.17, 15) is 13.2 Å². The van der Waals surface area contributed by atoms with E-state index in [1.54, 1.807) is 12.3 Å². The molecule has 1 aromatic carbocycles. The van der Waals surface area contributed by atoms with Gasteiger partial charge in [0.15, 0.2) is 11.0 Å². The van der Waals surface area contributed by atoms with Gasteiger partial charge in [0.25, 0.3) is 15.6 Å². The highest BCUT2D eigenvalue weighted by atomic mass is 32.2. The maximum atomic E-state index is 13.1. The number of pyridine rings is 1. The lowest BCUT2D eigenvalue weighted by Gasteiger charge is -2.13. The van der Waals surface area contributed by atoms with Crippen molar-refractivity contribution in [2.24, 2.45) is 0 Å². The summed E-state index contributed by atoms with van der Waals surface area (Å²) in [6, 6.07) is 10.9. The van der Waals surface area contributed by atoms with E-state index in [4.69, 9.17) is 4.74 Å². The Balaban J connectivity index is 1.57. The lowest BCUT2D eigenvalue weighted by molar-refractivity contribution is 0.133. The Morgan fingerprint density at radius 1 is 1.15 bits per heavy atom. The number of hydrogen-bond acceptors (Lipinski definition) is 9. The average molecular weight is 501 g/mol. The molecule has 34 heavy (non-hydrogen) atoms. The fraction of sp³-hybridized carbons (Fsp3) is 0.318. The van der Waals surface area contributed by atoms with E-state index in [1.807, 2.05) is 43.5 Å². The molecule has 0 N–H and O–H groups in total. The molecule has 0 saturated carbocycles. The van der Waals surface area contributed by atoms with Gasteiger partial charge in [-0.25, -0.2) is 23.4 Å². The van der Waals surface area contributed by atoms with Crippen LogP contribution >= 0.6 is 11.8 Å². The molecule has 0 unspecified atom stereocenters. The van der Waals surface area contributed by atoms with Crippen LogP contribution in [0.1, 0.15) is 18.9 Å². The zero-order valence-corrected chi connectivity index (χ0v) is 20.4. The third-order valence-corrected chi connectivity index (χ3v) is 7.21. The molecule has 12 heteroatoms. The fourth-order valence-corrected chi connectivity index (χ4v) is 4.84. The maximum absolute atomic E-state index is 13.1. The highest BCUT2D eigenvalue weighted by Crippen LogP contribution is 2.17. The Labute approximate surface area is 201 Å². The number of rotatable bonds is 10. The van der Waals surface area contributed by atoms with Crippen molar-refractivity contribution in [3.8, 4) is 11.4 Å². The largest absolute Gasteiger partial charge is 0.377 e. The molecule has 178 valence electrons. The molecule has 0 amide bonds. The van der Waals surface area contributed by atoms with E-state index in [0.29, 0.717) is 34.2 Å². The summed E-state index contributed by atoms with van der Waals surface area (Å²) in [5.41, 5.74) is 1.41. The van der Waals surface area contributed by atoms with E-state index in [0.717, 1.165) is 9.65 Å². The first-order valence-electron chi connectivity index (χ1n) is 10.6. The van der Waals surface area contributed by atoms with E-state index >= 15 is 0 Å². The summed E-state index contributed by atoms with van der Waals surface area (Å²) in [7, 11) is -3.75. The van der Waals surface area contributed by atoms with Crippen molar-refractivity contribution in [3.05, 3.63) is 64.8 Å². The predicted molar refractivity (Wildman–Crippen MR) is 130 cm³/mol. The van der Waals surface area contributed by atoms with Gasteiger partial charge in [-0.2, -0.15) is 0 Å². The number of nitrogens with zero attached hydrogens (tertiary/aromatic N) is 6. The molecule has 4 aromatic rings. The van der Waals surface area contributed by atoms with Crippen LogP contribution in [-0.2, 0) is 27.9 Å². The molecule has 0 aliphatic rings. The molecular weight excluding hydrogens is 476 g/mol. The second-order valence-corrected chi connectivity index (χ2v) is 10.1. The van der Waals surface area contributed by atoms with Crippen molar-refractivity contribution in [1.82, 2.24) is 28.7 Å². The van der Waals surface area contributed by atoms with Crippen molar-refractivity contribution in [1.29, 1.82) is 0 Å². The molecule has 0 spiro atoms. The topological polar surface area (TPSA) is 122 Å². The second-order valence-electron chi connectivity index (χ2n) is 7.38. The average Bonchev–Trinajstić information content (AvgIpc) is 3.36. The van der Waals surface area contributed by atoms with Crippen LogP contribution in [0.15, 0.2) is 58.9 Å². The maximum Gasteiger partial charge on any atom is 0.257 e. The normalized spacial score (nSPS) is 11.8. The van der Waals surface area contributed by atoms with Gasteiger partial charge >= 0.3 is 0 Å². The minimum Gasteiger partial charge on any atom is -0.377 e. The Kier molecular flexibility index (Phi) is 7.39. The standard InChI is InChI=1S/C22H24N6O4S2/c1-3-32-14-18-12-17-13-23-22(33-2)25-20(17)27(21(18)29)10-7-11-34(30,31)28-15-24-19(26-28)16-8-5-4-6-9-16/h4-6,8-9,12-13,15H,3,7,10-11,14H2,1-2H3. The van der Waals surface area contributed by atoms with Crippen LogP contribution in [0, 0.1) is 0 Å². The fourth-order valence-electron chi connectivity index (χ4n) is 3.43. The third-order valence-electron chi connectivity index (χ3n) is 5.10. The van der Waals surface area contributed by atoms with Crippen molar-refractivity contribution in [2.75, 3.05) is 18.6 Å². The van der Waals surface area contributed by atoms with Gasteiger partial charge in [-0.1, -0.05) is 42.1 Å². The Hall–Kier alpha value is -3.09. The summed E-state index contributed by atoms with van der Waals surface area (Å²) in [6.07, 6.45) is 4.90. The van der Waals surface area contributed by atoms with E-state index in [2.05, 4.69) is 20.1 Å². The Morgan fingerprint density at radius 2 is 1.94 bits per heavy atom. The minimum atomic E-state index is -3.75. The van der Waals surface area contributed by atoms with Crippen LogP contribution in [0.3, 0.4) is 0 Å². The first-order valence-corrected chi connectivity index (χ1v) is 13.5. The number of aryl methyl sites for hydroxylation is 1. The van der Waals surface area contributed by atoms with E-state index in [-0.39, 0.29) is 30.9 Å². The number of thioether (sulfide) groups is 1. The van der Waals surface area contributed by atoms with Gasteiger partial charge in [-0.15, -0.1) is 9.19 Å². The zero-order chi connectivity index (χ0) is 24.1. The number of fused-ring (bicyclic) bond motifs is 1. The molecule has 0 aliphatic heterocycles. The van der Waals surface area contributed by atoms with Crippen LogP contribution in [0.2, 0.25) is 0 Å². The molecule has 0 saturated heterocycles. The molecule has 0 radical (unpaired) electrons. The summed E-state index contributed by atoms with van der Waals surface area (Å²) in [6.45, 7) is 2.65. The van der Waals surface area contributed by atoms with Crippen molar-refractivity contribution in [3.63, 3.8) is 0 Å². The van der Waals surface area contributed by atoms with Gasteiger partial charge < -0.3 is 4.74 Å². The summed E-state index contributed by atoms with van der Waals surface area (Å²) < 4.78 is 33.5. The third kappa shape index (κ3) is 5.18. The van der Waals surface area contributed by atoms with Gasteiger partial charge in [-0.3, -0.25) is 9.36 Å². The number of benzene rings is 1. The SMILES string of the molecule is CCOCc1cc2cnc(SC)nc2n(CCCS(=O)(=O)n2cnc(-c3ccccc3)n2)c1=O. The first-order chi connectivity index (χ1) is 16.4.